The Balaban J connectivity index is 1.99. The molecular formula is C27H30N2O7. The van der Waals surface area contributed by atoms with Gasteiger partial charge in [-0.3, -0.25) is 14.4 Å². The molecule has 0 bridgehead atoms. The molecule has 36 heavy (non-hydrogen) atoms. The highest BCUT2D eigenvalue weighted by Gasteiger charge is 2.26. The summed E-state index contributed by atoms with van der Waals surface area (Å²) < 4.78 is 15.6. The van der Waals surface area contributed by atoms with Crippen molar-refractivity contribution in [3.8, 4) is 16.9 Å². The molecule has 0 aliphatic heterocycles. The summed E-state index contributed by atoms with van der Waals surface area (Å²) in [7, 11) is 1.47. The van der Waals surface area contributed by atoms with E-state index in [4.69, 9.17) is 14.2 Å². The minimum Gasteiger partial charge on any atom is -0.496 e. The van der Waals surface area contributed by atoms with Gasteiger partial charge in [0.1, 0.15) is 11.4 Å². The number of aromatic nitrogens is 1. The molecule has 0 unspecified atom stereocenters. The van der Waals surface area contributed by atoms with E-state index >= 15 is 0 Å². The molecule has 1 saturated carbocycles. The average Bonchev–Trinajstić information content (AvgIpc) is 3.69. The van der Waals surface area contributed by atoms with E-state index in [0.717, 1.165) is 12.8 Å². The predicted molar refractivity (Wildman–Crippen MR) is 133 cm³/mol. The van der Waals surface area contributed by atoms with Crippen LogP contribution in [0.1, 0.15) is 70.5 Å². The van der Waals surface area contributed by atoms with Crippen LogP contribution in [0, 0.1) is 11.3 Å². The Hall–Kier alpha value is -4.01. The molecule has 0 saturated heterocycles. The van der Waals surface area contributed by atoms with Crippen molar-refractivity contribution < 1.29 is 33.4 Å². The molecule has 1 aliphatic rings. The van der Waals surface area contributed by atoms with Crippen LogP contribution in [0.25, 0.3) is 17.2 Å². The van der Waals surface area contributed by atoms with Crippen molar-refractivity contribution in [3.05, 3.63) is 53.4 Å². The SMILES string of the molecule is C=Cc1cc(C=O)c(-c2ccc(C(=O)NCC3CC3)nc2C(=O)OCOC(=O)C(C)(C)C)cc1OC. The maximum absolute atomic E-state index is 13.1. The van der Waals surface area contributed by atoms with Gasteiger partial charge in [0.2, 0.25) is 6.79 Å². The average molecular weight is 495 g/mol. The normalized spacial score (nSPS) is 12.9. The summed E-state index contributed by atoms with van der Waals surface area (Å²) in [4.78, 5) is 53.9. The lowest BCUT2D eigenvalue weighted by molar-refractivity contribution is -0.161. The molecule has 1 fully saturated rings. The van der Waals surface area contributed by atoms with Crippen LogP contribution in [0.15, 0.2) is 30.8 Å². The number of amides is 1. The van der Waals surface area contributed by atoms with Crippen LogP contribution in [-0.2, 0) is 14.3 Å². The number of hydrogen-bond donors (Lipinski definition) is 1. The largest absolute Gasteiger partial charge is 0.496 e. The van der Waals surface area contributed by atoms with E-state index in [9.17, 15) is 19.2 Å². The lowest BCUT2D eigenvalue weighted by atomic mass is 9.95. The lowest BCUT2D eigenvalue weighted by Gasteiger charge is -2.17. The first-order valence-corrected chi connectivity index (χ1v) is 11.5. The number of carbonyl (C=O) groups excluding carboxylic acids is 4. The van der Waals surface area contributed by atoms with Crippen LogP contribution in [0.5, 0.6) is 5.75 Å². The summed E-state index contributed by atoms with van der Waals surface area (Å²) in [6, 6.07) is 6.15. The van der Waals surface area contributed by atoms with E-state index in [1.54, 1.807) is 39.0 Å². The van der Waals surface area contributed by atoms with Gasteiger partial charge in [-0.25, -0.2) is 9.78 Å². The van der Waals surface area contributed by atoms with Gasteiger partial charge in [-0.2, -0.15) is 0 Å². The van der Waals surface area contributed by atoms with Gasteiger partial charge < -0.3 is 19.5 Å². The second-order valence-corrected chi connectivity index (χ2v) is 9.48. The van der Waals surface area contributed by atoms with E-state index in [0.29, 0.717) is 35.6 Å². The zero-order valence-corrected chi connectivity index (χ0v) is 20.9. The molecule has 190 valence electrons. The molecule has 9 heteroatoms. The third-order valence-corrected chi connectivity index (χ3v) is 5.60. The number of methoxy groups -OCH3 is 1. The number of nitrogens with one attached hydrogen (secondary N) is 1. The number of pyridine rings is 1. The van der Waals surface area contributed by atoms with Gasteiger partial charge in [-0.15, -0.1) is 0 Å². The summed E-state index contributed by atoms with van der Waals surface area (Å²) in [6.45, 7) is 8.63. The van der Waals surface area contributed by atoms with Crippen LogP contribution in [-0.4, -0.2) is 49.6 Å². The second kappa shape index (κ2) is 11.2. The van der Waals surface area contributed by atoms with E-state index in [1.807, 2.05) is 0 Å². The highest BCUT2D eigenvalue weighted by Crippen LogP contribution is 2.33. The minimum absolute atomic E-state index is 0.0142. The smallest absolute Gasteiger partial charge is 0.360 e. The highest BCUT2D eigenvalue weighted by molar-refractivity contribution is 6.01. The molecule has 1 aromatic heterocycles. The van der Waals surface area contributed by atoms with Crippen LogP contribution < -0.4 is 10.1 Å². The maximum atomic E-state index is 13.1. The molecule has 0 radical (unpaired) electrons. The summed E-state index contributed by atoms with van der Waals surface area (Å²) in [5, 5.41) is 2.81. The van der Waals surface area contributed by atoms with E-state index in [-0.39, 0.29) is 22.5 Å². The molecule has 9 nitrogen and oxygen atoms in total. The Morgan fingerprint density at radius 2 is 1.83 bits per heavy atom. The summed E-state index contributed by atoms with van der Waals surface area (Å²) in [5.74, 6) is -1.02. The third kappa shape index (κ3) is 6.35. The zero-order valence-electron chi connectivity index (χ0n) is 20.9. The first kappa shape index (κ1) is 26.6. The molecule has 2 aromatic rings. The van der Waals surface area contributed by atoms with Gasteiger partial charge in [0, 0.05) is 23.2 Å². The van der Waals surface area contributed by atoms with E-state index in [1.165, 1.54) is 19.2 Å². The standard InChI is InChI=1S/C27H30N2O7/c1-6-17-11-18(14-30)20(12-22(17)34-5)19-9-10-21(24(31)28-13-16-7-8-16)29-23(19)25(32)35-15-36-26(33)27(2,3)4/h6,9-12,14,16H,1,7-8,13,15H2,2-5H3,(H,28,31). The molecule has 1 N–H and O–H groups in total. The third-order valence-electron chi connectivity index (χ3n) is 5.60. The van der Waals surface area contributed by atoms with Gasteiger partial charge in [0.25, 0.3) is 5.91 Å². The first-order valence-electron chi connectivity index (χ1n) is 11.5. The van der Waals surface area contributed by atoms with Crippen molar-refractivity contribution in [1.82, 2.24) is 10.3 Å². The summed E-state index contributed by atoms with van der Waals surface area (Å²) in [6.07, 6.45) is 4.31. The summed E-state index contributed by atoms with van der Waals surface area (Å²) in [5.41, 5.74) is 0.466. The number of carbonyl (C=O) groups is 4. The fourth-order valence-electron chi connectivity index (χ4n) is 3.31. The van der Waals surface area contributed by atoms with Crippen molar-refractivity contribution in [2.24, 2.45) is 11.3 Å². The van der Waals surface area contributed by atoms with E-state index < -0.39 is 30.1 Å². The van der Waals surface area contributed by atoms with Crippen molar-refractivity contribution in [2.75, 3.05) is 20.4 Å². The number of ether oxygens (including phenoxy) is 3. The van der Waals surface area contributed by atoms with Crippen molar-refractivity contribution in [2.45, 2.75) is 33.6 Å². The number of rotatable bonds is 10. The Kier molecular flexibility index (Phi) is 8.24. The number of benzene rings is 1. The topological polar surface area (TPSA) is 121 Å². The fraction of sp³-hybridized carbons (Fsp3) is 0.370. The molecule has 0 spiro atoms. The number of hydrogen-bond acceptors (Lipinski definition) is 8. The number of aldehydes is 1. The second-order valence-electron chi connectivity index (χ2n) is 9.48. The number of nitrogens with zero attached hydrogens (tertiary/aromatic N) is 1. The monoisotopic (exact) mass is 494 g/mol. The fourth-order valence-corrected chi connectivity index (χ4v) is 3.31. The Labute approximate surface area is 209 Å². The zero-order chi connectivity index (χ0) is 26.5. The molecule has 1 aliphatic carbocycles. The van der Waals surface area contributed by atoms with Gasteiger partial charge in [0.15, 0.2) is 12.0 Å². The van der Waals surface area contributed by atoms with Crippen LogP contribution in [0.3, 0.4) is 0 Å². The van der Waals surface area contributed by atoms with E-state index in [2.05, 4.69) is 16.9 Å². The van der Waals surface area contributed by atoms with Crippen molar-refractivity contribution in [1.29, 1.82) is 0 Å². The van der Waals surface area contributed by atoms with Gasteiger partial charge >= 0.3 is 11.9 Å². The van der Waals surface area contributed by atoms with Crippen molar-refractivity contribution in [3.63, 3.8) is 0 Å². The predicted octanol–water partition coefficient (Wildman–Crippen LogP) is 4.06. The van der Waals surface area contributed by atoms with Crippen LogP contribution in [0.4, 0.5) is 0 Å². The molecule has 0 atom stereocenters. The molecule has 3 rings (SSSR count). The quantitative estimate of drug-likeness (QED) is 0.298. The van der Waals surface area contributed by atoms with Gasteiger partial charge in [0.05, 0.1) is 12.5 Å². The van der Waals surface area contributed by atoms with Gasteiger partial charge in [-0.1, -0.05) is 12.7 Å². The first-order chi connectivity index (χ1) is 17.1. The Bertz CT molecular complexity index is 1190. The molecule has 1 aromatic carbocycles. The summed E-state index contributed by atoms with van der Waals surface area (Å²) >= 11 is 0. The minimum atomic E-state index is -0.924. The van der Waals surface area contributed by atoms with Gasteiger partial charge in [-0.05, 0) is 69.4 Å². The maximum Gasteiger partial charge on any atom is 0.360 e. The number of esters is 2. The molecule has 1 amide bonds. The Morgan fingerprint density at radius 3 is 2.42 bits per heavy atom. The van der Waals surface area contributed by atoms with Crippen molar-refractivity contribution >= 4 is 30.2 Å². The van der Waals surface area contributed by atoms with Crippen LogP contribution in [0.2, 0.25) is 0 Å². The molecular weight excluding hydrogens is 464 g/mol. The lowest BCUT2D eigenvalue weighted by Crippen LogP contribution is -2.27. The Morgan fingerprint density at radius 1 is 1.11 bits per heavy atom. The van der Waals surface area contributed by atoms with Crippen LogP contribution >= 0.6 is 0 Å². The molecule has 1 heterocycles. The highest BCUT2D eigenvalue weighted by atomic mass is 16.7.